The van der Waals surface area contributed by atoms with Crippen LogP contribution in [0.25, 0.3) is 5.65 Å². The molecule has 4 heterocycles. The van der Waals surface area contributed by atoms with E-state index < -0.39 is 0 Å². The molecule has 3 aromatic heterocycles. The van der Waals surface area contributed by atoms with E-state index in [9.17, 15) is 4.79 Å². The second-order valence-electron chi connectivity index (χ2n) is 6.06. The average Bonchev–Trinajstić information content (AvgIpc) is 3.26. The number of aromatic nitrogens is 5. The molecular weight excluding hydrogens is 306 g/mol. The maximum Gasteiger partial charge on any atom is 0.323 e. The summed E-state index contributed by atoms with van der Waals surface area (Å²) in [6.45, 7) is 2.60. The number of aryl methyl sites for hydroxylation is 2. The van der Waals surface area contributed by atoms with E-state index in [1.165, 1.54) is 0 Å². The van der Waals surface area contributed by atoms with Gasteiger partial charge >= 0.3 is 6.03 Å². The Kier molecular flexibility index (Phi) is 3.44. The van der Waals surface area contributed by atoms with Crippen LogP contribution in [-0.4, -0.2) is 41.9 Å². The van der Waals surface area contributed by atoms with E-state index in [4.69, 9.17) is 0 Å². The predicted molar refractivity (Wildman–Crippen MR) is 88.6 cm³/mol. The molecule has 0 saturated carbocycles. The number of anilines is 1. The Hall–Kier alpha value is -2.90. The molecule has 8 nitrogen and oxygen atoms in total. The molecule has 3 aromatic rings. The van der Waals surface area contributed by atoms with E-state index >= 15 is 0 Å². The number of carbonyl (C=O) groups excluding carboxylic acids is 1. The molecule has 1 aliphatic heterocycles. The third-order valence-corrected chi connectivity index (χ3v) is 4.39. The van der Waals surface area contributed by atoms with Crippen LogP contribution in [-0.2, 0) is 7.05 Å². The van der Waals surface area contributed by atoms with Crippen molar-refractivity contribution in [1.82, 2.24) is 29.3 Å². The summed E-state index contributed by atoms with van der Waals surface area (Å²) in [4.78, 5) is 14.6. The van der Waals surface area contributed by atoms with Crippen LogP contribution in [0, 0.1) is 6.92 Å². The highest BCUT2D eigenvalue weighted by Crippen LogP contribution is 2.31. The Morgan fingerprint density at radius 1 is 1.33 bits per heavy atom. The highest BCUT2D eigenvalue weighted by molar-refractivity contribution is 5.89. The van der Waals surface area contributed by atoms with Crippen LogP contribution in [0.3, 0.4) is 0 Å². The molecular formula is C16H19N7O. The van der Waals surface area contributed by atoms with Gasteiger partial charge in [-0.05, 0) is 31.9 Å². The molecule has 0 aromatic carbocycles. The fourth-order valence-electron chi connectivity index (χ4n) is 3.27. The summed E-state index contributed by atoms with van der Waals surface area (Å²) < 4.78 is 3.62. The number of hydrogen-bond acceptors (Lipinski definition) is 4. The van der Waals surface area contributed by atoms with Gasteiger partial charge in [0.2, 0.25) is 0 Å². The second-order valence-corrected chi connectivity index (χ2v) is 6.06. The first-order valence-electron chi connectivity index (χ1n) is 8.01. The van der Waals surface area contributed by atoms with Crippen LogP contribution in [0.15, 0.2) is 30.5 Å². The van der Waals surface area contributed by atoms with E-state index in [0.717, 1.165) is 30.0 Å². The predicted octanol–water partition coefficient (Wildman–Crippen LogP) is 2.14. The summed E-state index contributed by atoms with van der Waals surface area (Å²) >= 11 is 0. The molecule has 1 saturated heterocycles. The van der Waals surface area contributed by atoms with Gasteiger partial charge in [0.15, 0.2) is 11.5 Å². The van der Waals surface area contributed by atoms with E-state index in [1.807, 2.05) is 53.7 Å². The van der Waals surface area contributed by atoms with Gasteiger partial charge in [0.1, 0.15) is 5.82 Å². The molecule has 1 aliphatic rings. The SMILES string of the molecule is Cc1cc(NC(=O)N2CCCC2c2nnc3ccccn23)n(C)n1. The van der Waals surface area contributed by atoms with Crippen molar-refractivity contribution >= 4 is 17.5 Å². The highest BCUT2D eigenvalue weighted by Gasteiger charge is 2.33. The summed E-state index contributed by atoms with van der Waals surface area (Å²) in [6.07, 6.45) is 3.77. The lowest BCUT2D eigenvalue weighted by Crippen LogP contribution is -2.35. The maximum atomic E-state index is 12.7. The number of hydrogen-bond donors (Lipinski definition) is 1. The van der Waals surface area contributed by atoms with Crippen LogP contribution in [0.2, 0.25) is 0 Å². The number of pyridine rings is 1. The molecule has 1 unspecified atom stereocenters. The third kappa shape index (κ3) is 2.40. The summed E-state index contributed by atoms with van der Waals surface area (Å²) in [5, 5.41) is 15.7. The van der Waals surface area contributed by atoms with Crippen molar-refractivity contribution in [2.24, 2.45) is 7.05 Å². The van der Waals surface area contributed by atoms with Crippen LogP contribution >= 0.6 is 0 Å². The lowest BCUT2D eigenvalue weighted by molar-refractivity contribution is 0.204. The first kappa shape index (κ1) is 14.7. The normalized spacial score (nSPS) is 17.6. The standard InChI is InChI=1S/C16H19N7O/c1-11-10-14(21(2)20-11)17-16(24)22-9-5-6-12(22)15-19-18-13-7-3-4-8-23(13)15/h3-4,7-8,10,12H,5-6,9H2,1-2H3,(H,17,24). The highest BCUT2D eigenvalue weighted by atomic mass is 16.2. The third-order valence-electron chi connectivity index (χ3n) is 4.39. The lowest BCUT2D eigenvalue weighted by Gasteiger charge is -2.23. The van der Waals surface area contributed by atoms with Crippen molar-refractivity contribution in [2.45, 2.75) is 25.8 Å². The van der Waals surface area contributed by atoms with Gasteiger partial charge in [0.25, 0.3) is 0 Å². The van der Waals surface area contributed by atoms with Crippen LogP contribution in [0.1, 0.15) is 30.4 Å². The Morgan fingerprint density at radius 3 is 3.00 bits per heavy atom. The Morgan fingerprint density at radius 2 is 2.21 bits per heavy atom. The molecule has 0 radical (unpaired) electrons. The van der Waals surface area contributed by atoms with Crippen molar-refractivity contribution in [3.63, 3.8) is 0 Å². The zero-order valence-electron chi connectivity index (χ0n) is 13.7. The molecule has 1 fully saturated rings. The number of nitrogens with one attached hydrogen (secondary N) is 1. The van der Waals surface area contributed by atoms with E-state index in [1.54, 1.807) is 4.68 Å². The first-order chi connectivity index (χ1) is 11.6. The van der Waals surface area contributed by atoms with Crippen molar-refractivity contribution in [2.75, 3.05) is 11.9 Å². The number of urea groups is 1. The minimum Gasteiger partial charge on any atom is -0.314 e. The number of carbonyl (C=O) groups is 1. The second kappa shape index (κ2) is 5.63. The van der Waals surface area contributed by atoms with E-state index in [2.05, 4.69) is 20.6 Å². The molecule has 24 heavy (non-hydrogen) atoms. The fraction of sp³-hybridized carbons (Fsp3) is 0.375. The zero-order valence-corrected chi connectivity index (χ0v) is 13.7. The molecule has 8 heteroatoms. The topological polar surface area (TPSA) is 80.4 Å². The minimum absolute atomic E-state index is 0.0725. The van der Waals surface area contributed by atoms with Crippen molar-refractivity contribution in [3.05, 3.63) is 42.0 Å². The van der Waals surface area contributed by atoms with Gasteiger partial charge in [-0.15, -0.1) is 10.2 Å². The zero-order chi connectivity index (χ0) is 16.7. The van der Waals surface area contributed by atoms with Gasteiger partial charge in [-0.25, -0.2) is 4.79 Å². The monoisotopic (exact) mass is 325 g/mol. The number of amides is 2. The maximum absolute atomic E-state index is 12.7. The summed E-state index contributed by atoms with van der Waals surface area (Å²) in [5.74, 6) is 1.49. The van der Waals surface area contributed by atoms with Gasteiger partial charge in [-0.1, -0.05) is 6.07 Å². The Labute approximate surface area is 139 Å². The van der Waals surface area contributed by atoms with Crippen LogP contribution in [0.4, 0.5) is 10.6 Å². The number of rotatable bonds is 2. The molecule has 2 amide bonds. The fourth-order valence-corrected chi connectivity index (χ4v) is 3.27. The quantitative estimate of drug-likeness (QED) is 0.783. The lowest BCUT2D eigenvalue weighted by atomic mass is 10.2. The van der Waals surface area contributed by atoms with Gasteiger partial charge in [0.05, 0.1) is 11.7 Å². The number of likely N-dealkylation sites (tertiary alicyclic amines) is 1. The van der Waals surface area contributed by atoms with Crippen LogP contribution < -0.4 is 5.32 Å². The van der Waals surface area contributed by atoms with Crippen LogP contribution in [0.5, 0.6) is 0 Å². The van der Waals surface area contributed by atoms with Gasteiger partial charge in [-0.2, -0.15) is 5.10 Å². The summed E-state index contributed by atoms with van der Waals surface area (Å²) in [6, 6.07) is 7.43. The summed E-state index contributed by atoms with van der Waals surface area (Å²) in [7, 11) is 1.82. The molecule has 0 bridgehead atoms. The van der Waals surface area contributed by atoms with Gasteiger partial charge < -0.3 is 4.90 Å². The molecule has 124 valence electrons. The summed E-state index contributed by atoms with van der Waals surface area (Å²) in [5.41, 5.74) is 1.66. The van der Waals surface area contributed by atoms with Gasteiger partial charge in [-0.3, -0.25) is 14.4 Å². The Balaban J connectivity index is 1.60. The number of fused-ring (bicyclic) bond motifs is 1. The van der Waals surface area contributed by atoms with E-state index in [0.29, 0.717) is 12.4 Å². The molecule has 1 N–H and O–H groups in total. The van der Waals surface area contributed by atoms with E-state index in [-0.39, 0.29) is 12.1 Å². The molecule has 0 spiro atoms. The Bertz CT molecular complexity index is 897. The average molecular weight is 325 g/mol. The number of nitrogens with zero attached hydrogens (tertiary/aromatic N) is 6. The van der Waals surface area contributed by atoms with Crippen molar-refractivity contribution < 1.29 is 4.79 Å². The largest absolute Gasteiger partial charge is 0.323 e. The van der Waals surface area contributed by atoms with Crippen molar-refractivity contribution in [3.8, 4) is 0 Å². The van der Waals surface area contributed by atoms with Gasteiger partial charge in [0, 0.05) is 25.9 Å². The minimum atomic E-state index is -0.131. The molecule has 0 aliphatic carbocycles. The molecule has 4 rings (SSSR count). The smallest absolute Gasteiger partial charge is 0.314 e. The first-order valence-corrected chi connectivity index (χ1v) is 8.01. The molecule has 1 atom stereocenters. The van der Waals surface area contributed by atoms with Crippen molar-refractivity contribution in [1.29, 1.82) is 0 Å².